The van der Waals surface area contributed by atoms with Crippen LogP contribution in [0.5, 0.6) is 0 Å². The fourth-order valence-corrected chi connectivity index (χ4v) is 2.45. The first-order chi connectivity index (χ1) is 9.67. The highest BCUT2D eigenvalue weighted by molar-refractivity contribution is 5.77. The van der Waals surface area contributed by atoms with Gasteiger partial charge in [0.1, 0.15) is 0 Å². The quantitative estimate of drug-likeness (QED) is 0.507. The van der Waals surface area contributed by atoms with Gasteiger partial charge in [-0.15, -0.1) is 0 Å². The second kappa shape index (κ2) is 9.56. The zero-order valence-electron chi connectivity index (χ0n) is 12.8. The van der Waals surface area contributed by atoms with Crippen LogP contribution >= 0.6 is 0 Å². The average Bonchev–Trinajstić information content (AvgIpc) is 2.48. The van der Waals surface area contributed by atoms with Gasteiger partial charge in [-0.2, -0.15) is 0 Å². The molecule has 0 aromatic carbocycles. The van der Waals surface area contributed by atoms with Crippen LogP contribution < -0.4 is 0 Å². The Morgan fingerprint density at radius 3 is 2.65 bits per heavy atom. The molecule has 0 radical (unpaired) electrons. The van der Waals surface area contributed by atoms with Crippen molar-refractivity contribution in [3.05, 3.63) is 11.6 Å². The number of carbonyl (C=O) groups excluding carboxylic acids is 2. The van der Waals surface area contributed by atoms with Crippen molar-refractivity contribution in [2.45, 2.75) is 58.8 Å². The van der Waals surface area contributed by atoms with Gasteiger partial charge in [-0.05, 0) is 39.0 Å². The van der Waals surface area contributed by atoms with Gasteiger partial charge < -0.3 is 9.64 Å². The van der Waals surface area contributed by atoms with Crippen LogP contribution in [0.2, 0.25) is 0 Å². The summed E-state index contributed by atoms with van der Waals surface area (Å²) in [6.45, 7) is 5.24. The minimum absolute atomic E-state index is 0.116. The number of carbonyl (C=O) groups is 2. The summed E-state index contributed by atoms with van der Waals surface area (Å²) in [4.78, 5) is 25.1. The van der Waals surface area contributed by atoms with Crippen LogP contribution in [0, 0.1) is 0 Å². The van der Waals surface area contributed by atoms with Crippen molar-refractivity contribution in [1.29, 1.82) is 0 Å². The first-order valence-electron chi connectivity index (χ1n) is 7.78. The highest BCUT2D eigenvalue weighted by Crippen LogP contribution is 2.20. The standard InChI is InChI=1S/C16H27NO3/c1-3-15(18)17(13-11-16(19)20-4-2)12-10-14-8-6-5-7-9-14/h8H,3-7,9-13H2,1-2H3. The summed E-state index contributed by atoms with van der Waals surface area (Å²) in [5.41, 5.74) is 1.46. The molecular weight excluding hydrogens is 254 g/mol. The van der Waals surface area contributed by atoms with Crippen LogP contribution in [0.3, 0.4) is 0 Å². The number of ether oxygens (including phenoxy) is 1. The van der Waals surface area contributed by atoms with Gasteiger partial charge in [0.25, 0.3) is 0 Å². The highest BCUT2D eigenvalue weighted by atomic mass is 16.5. The highest BCUT2D eigenvalue weighted by Gasteiger charge is 2.14. The smallest absolute Gasteiger partial charge is 0.307 e. The molecule has 0 N–H and O–H groups in total. The number of amides is 1. The van der Waals surface area contributed by atoms with E-state index < -0.39 is 0 Å². The van der Waals surface area contributed by atoms with E-state index in [1.165, 1.54) is 24.8 Å². The normalized spacial score (nSPS) is 14.6. The number of allylic oxidation sites excluding steroid dienone is 1. The van der Waals surface area contributed by atoms with E-state index in [2.05, 4.69) is 6.08 Å². The third-order valence-corrected chi connectivity index (χ3v) is 3.63. The lowest BCUT2D eigenvalue weighted by Gasteiger charge is -2.23. The van der Waals surface area contributed by atoms with Crippen molar-refractivity contribution in [2.24, 2.45) is 0 Å². The second-order valence-corrected chi connectivity index (χ2v) is 5.15. The minimum Gasteiger partial charge on any atom is -0.466 e. The second-order valence-electron chi connectivity index (χ2n) is 5.15. The SMILES string of the molecule is CCOC(=O)CCN(CCC1=CCCCC1)C(=O)CC. The summed E-state index contributed by atoms with van der Waals surface area (Å²) in [6.07, 6.45) is 8.89. The van der Waals surface area contributed by atoms with Crippen molar-refractivity contribution in [3.63, 3.8) is 0 Å². The lowest BCUT2D eigenvalue weighted by molar-refractivity contribution is -0.144. The zero-order valence-corrected chi connectivity index (χ0v) is 12.8. The lowest BCUT2D eigenvalue weighted by Crippen LogP contribution is -2.33. The molecule has 1 rings (SSSR count). The molecule has 114 valence electrons. The Balaban J connectivity index is 2.41. The van der Waals surface area contributed by atoms with Crippen molar-refractivity contribution in [1.82, 2.24) is 4.90 Å². The van der Waals surface area contributed by atoms with E-state index in [1.807, 2.05) is 6.92 Å². The summed E-state index contributed by atoms with van der Waals surface area (Å²) in [5.74, 6) is -0.107. The molecular formula is C16H27NO3. The maximum absolute atomic E-state index is 11.9. The molecule has 0 heterocycles. The van der Waals surface area contributed by atoms with Gasteiger partial charge in [-0.25, -0.2) is 0 Å². The number of esters is 1. The molecule has 1 aliphatic rings. The van der Waals surface area contributed by atoms with E-state index in [-0.39, 0.29) is 11.9 Å². The van der Waals surface area contributed by atoms with Gasteiger partial charge in [0.15, 0.2) is 0 Å². The average molecular weight is 281 g/mol. The van der Waals surface area contributed by atoms with Crippen LogP contribution in [0.15, 0.2) is 11.6 Å². The molecule has 0 unspecified atom stereocenters. The summed E-state index contributed by atoms with van der Waals surface area (Å²) in [7, 11) is 0. The number of rotatable bonds is 8. The fourth-order valence-electron chi connectivity index (χ4n) is 2.45. The van der Waals surface area contributed by atoms with E-state index >= 15 is 0 Å². The Morgan fingerprint density at radius 1 is 1.25 bits per heavy atom. The van der Waals surface area contributed by atoms with Crippen LogP contribution in [-0.2, 0) is 14.3 Å². The lowest BCUT2D eigenvalue weighted by atomic mass is 9.97. The van der Waals surface area contributed by atoms with Gasteiger partial charge in [0, 0.05) is 19.5 Å². The Bertz CT molecular complexity index is 350. The first-order valence-corrected chi connectivity index (χ1v) is 7.78. The van der Waals surface area contributed by atoms with Crippen molar-refractivity contribution in [3.8, 4) is 0 Å². The van der Waals surface area contributed by atoms with Crippen molar-refractivity contribution in [2.75, 3.05) is 19.7 Å². The first kappa shape index (κ1) is 16.7. The van der Waals surface area contributed by atoms with Gasteiger partial charge in [0.2, 0.25) is 5.91 Å². The zero-order chi connectivity index (χ0) is 14.8. The van der Waals surface area contributed by atoms with Crippen LogP contribution in [-0.4, -0.2) is 36.5 Å². The molecule has 0 aromatic rings. The summed E-state index contributed by atoms with van der Waals surface area (Å²) in [5, 5.41) is 0. The summed E-state index contributed by atoms with van der Waals surface area (Å²) < 4.78 is 4.91. The third kappa shape index (κ3) is 6.22. The van der Waals surface area contributed by atoms with E-state index in [0.29, 0.717) is 26.0 Å². The van der Waals surface area contributed by atoms with Gasteiger partial charge in [-0.1, -0.05) is 18.6 Å². The Morgan fingerprint density at radius 2 is 2.05 bits per heavy atom. The maximum Gasteiger partial charge on any atom is 0.307 e. The molecule has 4 nitrogen and oxygen atoms in total. The van der Waals surface area contributed by atoms with Crippen LogP contribution in [0.25, 0.3) is 0 Å². The molecule has 0 saturated heterocycles. The van der Waals surface area contributed by atoms with E-state index in [1.54, 1.807) is 11.8 Å². The molecule has 0 aromatic heterocycles. The van der Waals surface area contributed by atoms with Crippen LogP contribution in [0.1, 0.15) is 58.8 Å². The molecule has 0 aliphatic heterocycles. The predicted molar refractivity (Wildman–Crippen MR) is 79.3 cm³/mol. The predicted octanol–water partition coefficient (Wildman–Crippen LogP) is 3.07. The molecule has 20 heavy (non-hydrogen) atoms. The van der Waals surface area contributed by atoms with Gasteiger partial charge in [-0.3, -0.25) is 9.59 Å². The molecule has 0 spiro atoms. The summed E-state index contributed by atoms with van der Waals surface area (Å²) >= 11 is 0. The molecule has 1 amide bonds. The summed E-state index contributed by atoms with van der Waals surface area (Å²) in [6, 6.07) is 0. The Labute approximate surface area is 122 Å². The topological polar surface area (TPSA) is 46.6 Å². The minimum atomic E-state index is -0.224. The Hall–Kier alpha value is -1.32. The van der Waals surface area contributed by atoms with E-state index in [9.17, 15) is 9.59 Å². The monoisotopic (exact) mass is 281 g/mol. The molecule has 1 aliphatic carbocycles. The molecule has 0 bridgehead atoms. The largest absolute Gasteiger partial charge is 0.466 e. The number of hydrogen-bond donors (Lipinski definition) is 0. The number of nitrogens with zero attached hydrogens (tertiary/aromatic N) is 1. The maximum atomic E-state index is 11.9. The molecule has 0 saturated carbocycles. The van der Waals surface area contributed by atoms with Crippen molar-refractivity contribution >= 4 is 11.9 Å². The third-order valence-electron chi connectivity index (χ3n) is 3.63. The van der Waals surface area contributed by atoms with E-state index in [0.717, 1.165) is 19.4 Å². The fraction of sp³-hybridized carbons (Fsp3) is 0.750. The van der Waals surface area contributed by atoms with Crippen LogP contribution in [0.4, 0.5) is 0 Å². The van der Waals surface area contributed by atoms with Crippen molar-refractivity contribution < 1.29 is 14.3 Å². The Kier molecular flexibility index (Phi) is 8.00. The molecule has 4 heteroatoms. The number of hydrogen-bond acceptors (Lipinski definition) is 3. The molecule has 0 atom stereocenters. The van der Waals surface area contributed by atoms with Gasteiger partial charge in [0.05, 0.1) is 13.0 Å². The van der Waals surface area contributed by atoms with Gasteiger partial charge >= 0.3 is 5.97 Å². The van der Waals surface area contributed by atoms with E-state index in [4.69, 9.17) is 4.74 Å². The molecule has 0 fully saturated rings.